The average molecular weight is 324 g/mol. The van der Waals surface area contributed by atoms with E-state index >= 15 is 0 Å². The number of nitrogens with one attached hydrogen (secondary N) is 1. The van der Waals surface area contributed by atoms with Crippen molar-refractivity contribution >= 4 is 29.7 Å². The fourth-order valence-corrected chi connectivity index (χ4v) is 2.53. The number of hydrogen-bond donors (Lipinski definition) is 2. The van der Waals surface area contributed by atoms with Gasteiger partial charge >= 0.3 is 12.0 Å². The van der Waals surface area contributed by atoms with Gasteiger partial charge in [-0.2, -0.15) is 0 Å². The fourth-order valence-electron chi connectivity index (χ4n) is 1.72. The lowest BCUT2D eigenvalue weighted by molar-refractivity contribution is -0.155. The van der Waals surface area contributed by atoms with Crippen LogP contribution in [0.2, 0.25) is 0 Å². The second-order valence-electron chi connectivity index (χ2n) is 5.06. The van der Waals surface area contributed by atoms with Gasteiger partial charge < -0.3 is 10.5 Å². The van der Waals surface area contributed by atoms with Crippen molar-refractivity contribution in [2.45, 2.75) is 31.8 Å². The summed E-state index contributed by atoms with van der Waals surface area (Å²) in [6, 6.07) is 6.69. The third kappa shape index (κ3) is 5.77. The smallest absolute Gasteiger partial charge is 0.318 e. The number of rotatable bonds is 6. The summed E-state index contributed by atoms with van der Waals surface area (Å²) in [7, 11) is 0. The molecule has 3 N–H and O–H groups in total. The highest BCUT2D eigenvalue weighted by atomic mass is 32.2. The van der Waals surface area contributed by atoms with E-state index < -0.39 is 24.0 Å². The highest BCUT2D eigenvalue weighted by Crippen LogP contribution is 2.22. The average Bonchev–Trinajstić information content (AvgIpc) is 2.42. The third-order valence-electron chi connectivity index (χ3n) is 2.81. The number of primary amides is 1. The van der Waals surface area contributed by atoms with Crippen molar-refractivity contribution in [3.63, 3.8) is 0 Å². The summed E-state index contributed by atoms with van der Waals surface area (Å²) in [4.78, 5) is 35.3. The molecular formula is C15H20N2O4S. The fraction of sp³-hybridized carbons (Fsp3) is 0.400. The lowest BCUT2D eigenvalue weighted by Gasteiger charge is -2.19. The van der Waals surface area contributed by atoms with Crippen molar-refractivity contribution in [3.05, 3.63) is 29.8 Å². The molecule has 1 aromatic rings. The van der Waals surface area contributed by atoms with Crippen LogP contribution >= 0.6 is 11.8 Å². The molecular weight excluding hydrogens is 304 g/mol. The summed E-state index contributed by atoms with van der Waals surface area (Å²) in [6.45, 7) is 5.38. The first-order chi connectivity index (χ1) is 10.3. The van der Waals surface area contributed by atoms with Crippen molar-refractivity contribution < 1.29 is 19.1 Å². The van der Waals surface area contributed by atoms with Crippen LogP contribution in [0, 0.1) is 12.8 Å². The number of urea groups is 1. The van der Waals surface area contributed by atoms with E-state index in [4.69, 9.17) is 10.5 Å². The van der Waals surface area contributed by atoms with E-state index in [0.717, 1.165) is 10.5 Å². The maximum Gasteiger partial charge on any atom is 0.318 e. The Morgan fingerprint density at radius 3 is 2.45 bits per heavy atom. The standard InChI is InChI=1S/C15H20N2O4S/c1-9(2)13(14(19)17-15(16)20)21-12(18)8-22-11-7-5-4-6-10(11)3/h4-7,9,13H,8H2,1-3H3,(H3,16,17,19,20)/t13-/m1/s1. The zero-order valence-corrected chi connectivity index (χ0v) is 13.6. The van der Waals surface area contributed by atoms with E-state index in [1.54, 1.807) is 13.8 Å². The van der Waals surface area contributed by atoms with Crippen LogP contribution < -0.4 is 11.1 Å². The maximum atomic E-state index is 11.9. The molecule has 6 nitrogen and oxygen atoms in total. The lowest BCUT2D eigenvalue weighted by atomic mass is 10.1. The van der Waals surface area contributed by atoms with Crippen molar-refractivity contribution in [2.24, 2.45) is 11.7 Å². The molecule has 0 saturated heterocycles. The first-order valence-corrected chi connectivity index (χ1v) is 7.78. The number of carbonyl (C=O) groups is 3. The number of ether oxygens (including phenoxy) is 1. The van der Waals surface area contributed by atoms with E-state index in [1.807, 2.05) is 36.5 Å². The zero-order valence-electron chi connectivity index (χ0n) is 12.8. The molecule has 0 fully saturated rings. The Morgan fingerprint density at radius 2 is 1.91 bits per heavy atom. The molecule has 0 aliphatic rings. The quantitative estimate of drug-likeness (QED) is 0.614. The Hall–Kier alpha value is -2.02. The number of aryl methyl sites for hydroxylation is 1. The molecule has 120 valence electrons. The van der Waals surface area contributed by atoms with Crippen LogP contribution in [0.3, 0.4) is 0 Å². The molecule has 1 aromatic carbocycles. The van der Waals surface area contributed by atoms with Gasteiger partial charge in [0.2, 0.25) is 0 Å². The minimum absolute atomic E-state index is 0.0813. The van der Waals surface area contributed by atoms with Crippen molar-refractivity contribution in [2.75, 3.05) is 5.75 Å². The van der Waals surface area contributed by atoms with Crippen LogP contribution in [0.5, 0.6) is 0 Å². The summed E-state index contributed by atoms with van der Waals surface area (Å²) in [5, 5.41) is 1.93. The van der Waals surface area contributed by atoms with Crippen LogP contribution in [0.25, 0.3) is 0 Å². The summed E-state index contributed by atoms with van der Waals surface area (Å²) in [5.41, 5.74) is 5.96. The number of carbonyl (C=O) groups excluding carboxylic acids is 3. The molecule has 0 aliphatic heterocycles. The van der Waals surface area contributed by atoms with E-state index in [1.165, 1.54) is 11.8 Å². The second kappa shape index (κ2) is 8.43. The van der Waals surface area contributed by atoms with Gasteiger partial charge in [0.15, 0.2) is 6.10 Å². The van der Waals surface area contributed by atoms with E-state index in [2.05, 4.69) is 0 Å². The zero-order chi connectivity index (χ0) is 16.7. The van der Waals surface area contributed by atoms with Gasteiger partial charge in [0, 0.05) is 4.90 Å². The number of esters is 1. The number of nitrogens with two attached hydrogens (primary N) is 1. The molecule has 7 heteroatoms. The molecule has 0 bridgehead atoms. The molecule has 0 radical (unpaired) electrons. The van der Waals surface area contributed by atoms with Gasteiger partial charge in [0.1, 0.15) is 0 Å². The van der Waals surface area contributed by atoms with E-state index in [0.29, 0.717) is 0 Å². The van der Waals surface area contributed by atoms with Crippen molar-refractivity contribution in [1.82, 2.24) is 5.32 Å². The van der Waals surface area contributed by atoms with Crippen LogP contribution in [0.4, 0.5) is 4.79 Å². The molecule has 0 unspecified atom stereocenters. The molecule has 1 rings (SSSR count). The Kier molecular flexibility index (Phi) is 6.91. The van der Waals surface area contributed by atoms with E-state index in [-0.39, 0.29) is 11.7 Å². The first-order valence-electron chi connectivity index (χ1n) is 6.79. The molecule has 3 amide bonds. The monoisotopic (exact) mass is 324 g/mol. The van der Waals surface area contributed by atoms with Gasteiger partial charge in [-0.15, -0.1) is 11.8 Å². The van der Waals surface area contributed by atoms with Gasteiger partial charge in [0.05, 0.1) is 5.75 Å². The SMILES string of the molecule is Cc1ccccc1SCC(=O)O[C@@H](C(=O)NC(N)=O)C(C)C. The highest BCUT2D eigenvalue weighted by molar-refractivity contribution is 8.00. The lowest BCUT2D eigenvalue weighted by Crippen LogP contribution is -2.45. The van der Waals surface area contributed by atoms with Gasteiger partial charge in [-0.1, -0.05) is 32.0 Å². The van der Waals surface area contributed by atoms with Crippen molar-refractivity contribution in [3.8, 4) is 0 Å². The molecule has 22 heavy (non-hydrogen) atoms. The van der Waals surface area contributed by atoms with Gasteiger partial charge in [-0.05, 0) is 24.5 Å². The minimum atomic E-state index is -1.04. The molecule has 0 aromatic heterocycles. The molecule has 0 saturated carbocycles. The number of hydrogen-bond acceptors (Lipinski definition) is 5. The topological polar surface area (TPSA) is 98.5 Å². The predicted octanol–water partition coefficient (Wildman–Crippen LogP) is 1.85. The largest absolute Gasteiger partial charge is 0.451 e. The van der Waals surface area contributed by atoms with Crippen molar-refractivity contribution in [1.29, 1.82) is 0 Å². The summed E-state index contributed by atoms with van der Waals surface area (Å²) < 4.78 is 5.16. The third-order valence-corrected chi connectivity index (χ3v) is 3.96. The summed E-state index contributed by atoms with van der Waals surface area (Å²) in [6.07, 6.45) is -1.04. The highest BCUT2D eigenvalue weighted by Gasteiger charge is 2.27. The normalized spacial score (nSPS) is 11.8. The molecule has 0 spiro atoms. The van der Waals surface area contributed by atoms with E-state index in [9.17, 15) is 14.4 Å². The Bertz CT molecular complexity index is 560. The summed E-state index contributed by atoms with van der Waals surface area (Å²) in [5.74, 6) is -1.42. The van der Waals surface area contributed by atoms with Gasteiger partial charge in [-0.3, -0.25) is 14.9 Å². The minimum Gasteiger partial charge on any atom is -0.451 e. The number of amides is 3. The Labute approximate surface area is 133 Å². The van der Waals surface area contributed by atoms with Crippen LogP contribution in [-0.2, 0) is 14.3 Å². The van der Waals surface area contributed by atoms with Gasteiger partial charge in [0.25, 0.3) is 5.91 Å². The summed E-state index contributed by atoms with van der Waals surface area (Å²) >= 11 is 1.34. The number of thioether (sulfide) groups is 1. The molecule has 1 atom stereocenters. The second-order valence-corrected chi connectivity index (χ2v) is 6.08. The van der Waals surface area contributed by atoms with Crippen LogP contribution in [0.1, 0.15) is 19.4 Å². The number of imide groups is 1. The van der Waals surface area contributed by atoms with Crippen LogP contribution in [0.15, 0.2) is 29.2 Å². The molecule has 0 heterocycles. The Balaban J connectivity index is 2.59. The molecule has 0 aliphatic carbocycles. The first kappa shape index (κ1) is 18.0. The van der Waals surface area contributed by atoms with Crippen LogP contribution in [-0.4, -0.2) is 29.8 Å². The van der Waals surface area contributed by atoms with Gasteiger partial charge in [-0.25, -0.2) is 4.79 Å². The maximum absolute atomic E-state index is 11.9. The number of benzene rings is 1. The predicted molar refractivity (Wildman–Crippen MR) is 84.3 cm³/mol. The Morgan fingerprint density at radius 1 is 1.27 bits per heavy atom.